The van der Waals surface area contributed by atoms with E-state index >= 15 is 0 Å². The molecule has 3 rings (SSSR count). The maximum atomic E-state index is 13.0. The average molecular weight is 298 g/mol. The minimum atomic E-state index is -4.31. The second-order valence-corrected chi connectivity index (χ2v) is 5.93. The van der Waals surface area contributed by atoms with Crippen LogP contribution < -0.4 is 0 Å². The molecular weight excluding hydrogens is 281 g/mol. The third-order valence-electron chi connectivity index (χ3n) is 4.46. The van der Waals surface area contributed by atoms with E-state index in [2.05, 4.69) is 4.90 Å². The smallest absolute Gasteiger partial charge is 0.345 e. The molecule has 0 bridgehead atoms. The van der Waals surface area contributed by atoms with Crippen molar-refractivity contribution in [2.75, 3.05) is 26.2 Å². The van der Waals surface area contributed by atoms with Crippen LogP contribution in [0.2, 0.25) is 0 Å². The molecule has 0 spiro atoms. The van der Waals surface area contributed by atoms with Crippen molar-refractivity contribution in [1.82, 2.24) is 9.80 Å². The number of hydrogen-bond acceptors (Lipinski definition) is 2. The van der Waals surface area contributed by atoms with Crippen molar-refractivity contribution < 1.29 is 18.0 Å². The van der Waals surface area contributed by atoms with Crippen LogP contribution in [0.4, 0.5) is 13.2 Å². The number of rotatable bonds is 3. The molecule has 114 valence electrons. The largest absolute Gasteiger partial charge is 0.416 e. The van der Waals surface area contributed by atoms with Crippen LogP contribution in [0.1, 0.15) is 11.1 Å². The van der Waals surface area contributed by atoms with E-state index in [-0.39, 0.29) is 0 Å². The Hall–Kier alpha value is -1.56. The Morgan fingerprint density at radius 2 is 1.71 bits per heavy atom. The van der Waals surface area contributed by atoms with Crippen molar-refractivity contribution in [3.05, 3.63) is 35.4 Å². The topological polar surface area (TPSA) is 23.6 Å². The van der Waals surface area contributed by atoms with Crippen LogP contribution in [0.15, 0.2) is 24.3 Å². The van der Waals surface area contributed by atoms with E-state index in [4.69, 9.17) is 0 Å². The zero-order valence-corrected chi connectivity index (χ0v) is 11.5. The first-order chi connectivity index (χ1) is 9.97. The second-order valence-electron chi connectivity index (χ2n) is 5.93. The van der Waals surface area contributed by atoms with Gasteiger partial charge in [-0.1, -0.05) is 18.2 Å². The summed E-state index contributed by atoms with van der Waals surface area (Å²) in [5.74, 6) is 0.793. The fourth-order valence-electron chi connectivity index (χ4n) is 3.52. The Balaban J connectivity index is 1.69. The number of carbonyl (C=O) groups excluding carboxylic acids is 1. The van der Waals surface area contributed by atoms with E-state index in [9.17, 15) is 18.0 Å². The van der Waals surface area contributed by atoms with Crippen molar-refractivity contribution in [2.45, 2.75) is 12.7 Å². The van der Waals surface area contributed by atoms with Gasteiger partial charge in [0.1, 0.15) is 0 Å². The van der Waals surface area contributed by atoms with Gasteiger partial charge in [-0.05, 0) is 23.5 Å². The van der Waals surface area contributed by atoms with Gasteiger partial charge in [-0.25, -0.2) is 0 Å². The van der Waals surface area contributed by atoms with Gasteiger partial charge >= 0.3 is 6.18 Å². The highest BCUT2D eigenvalue weighted by Crippen LogP contribution is 2.35. The molecule has 2 atom stereocenters. The van der Waals surface area contributed by atoms with Gasteiger partial charge in [-0.2, -0.15) is 13.2 Å². The Labute approximate surface area is 121 Å². The van der Waals surface area contributed by atoms with Gasteiger partial charge in [0.15, 0.2) is 0 Å². The molecule has 2 fully saturated rings. The molecule has 0 aromatic heterocycles. The number of alkyl halides is 3. The number of hydrogen-bond donors (Lipinski definition) is 0. The summed E-state index contributed by atoms with van der Waals surface area (Å²) in [6.07, 6.45) is -3.44. The Bertz CT molecular complexity index is 518. The third kappa shape index (κ3) is 2.90. The average Bonchev–Trinajstić information content (AvgIpc) is 2.95. The maximum Gasteiger partial charge on any atom is 0.416 e. The summed E-state index contributed by atoms with van der Waals surface area (Å²) >= 11 is 0. The minimum Gasteiger partial charge on any atom is -0.345 e. The van der Waals surface area contributed by atoms with Crippen LogP contribution in [-0.4, -0.2) is 42.4 Å². The van der Waals surface area contributed by atoms with Crippen molar-refractivity contribution in [1.29, 1.82) is 0 Å². The van der Waals surface area contributed by atoms with Crippen LogP contribution in [0.5, 0.6) is 0 Å². The van der Waals surface area contributed by atoms with E-state index in [1.807, 2.05) is 0 Å². The molecular formula is C15H17F3N2O. The van der Waals surface area contributed by atoms with E-state index in [0.29, 0.717) is 23.9 Å². The number of likely N-dealkylation sites (tertiary alicyclic amines) is 2. The summed E-state index contributed by atoms with van der Waals surface area (Å²) in [6, 6.07) is 5.76. The number of halogens is 3. The SMILES string of the molecule is O=CN1CC2CN(Cc3ccccc3C(F)(F)F)CC2C1. The zero-order chi connectivity index (χ0) is 15.0. The fourth-order valence-corrected chi connectivity index (χ4v) is 3.52. The van der Waals surface area contributed by atoms with E-state index in [0.717, 1.165) is 38.7 Å². The molecule has 21 heavy (non-hydrogen) atoms. The quantitative estimate of drug-likeness (QED) is 0.799. The number of amides is 1. The molecule has 6 heteroatoms. The van der Waals surface area contributed by atoms with E-state index in [1.54, 1.807) is 17.0 Å². The second kappa shape index (κ2) is 5.33. The number of nitrogens with zero attached hydrogens (tertiary/aromatic N) is 2. The van der Waals surface area contributed by atoms with Gasteiger partial charge < -0.3 is 4.90 Å². The van der Waals surface area contributed by atoms with Crippen molar-refractivity contribution >= 4 is 6.41 Å². The Kier molecular flexibility index (Phi) is 3.65. The molecule has 3 nitrogen and oxygen atoms in total. The summed E-state index contributed by atoms with van der Waals surface area (Å²) in [5.41, 5.74) is -0.214. The van der Waals surface area contributed by atoms with Crippen molar-refractivity contribution in [2.24, 2.45) is 11.8 Å². The first kappa shape index (κ1) is 14.4. The summed E-state index contributed by atoms with van der Waals surface area (Å²) in [5, 5.41) is 0. The van der Waals surface area contributed by atoms with Crippen LogP contribution in [0.3, 0.4) is 0 Å². The minimum absolute atomic E-state index is 0.323. The molecule has 2 aliphatic rings. The molecule has 0 radical (unpaired) electrons. The predicted molar refractivity (Wildman–Crippen MR) is 71.3 cm³/mol. The summed E-state index contributed by atoms with van der Waals surface area (Å²) in [7, 11) is 0. The third-order valence-corrected chi connectivity index (χ3v) is 4.46. The lowest BCUT2D eigenvalue weighted by Crippen LogP contribution is -2.28. The van der Waals surface area contributed by atoms with Crippen LogP contribution >= 0.6 is 0 Å². The summed E-state index contributed by atoms with van der Waals surface area (Å²) in [4.78, 5) is 14.6. The summed E-state index contributed by atoms with van der Waals surface area (Å²) < 4.78 is 39.0. The van der Waals surface area contributed by atoms with Crippen LogP contribution in [0, 0.1) is 11.8 Å². The van der Waals surface area contributed by atoms with Crippen LogP contribution in [-0.2, 0) is 17.5 Å². The Morgan fingerprint density at radius 1 is 1.10 bits per heavy atom. The van der Waals surface area contributed by atoms with Crippen molar-refractivity contribution in [3.8, 4) is 0 Å². The highest BCUT2D eigenvalue weighted by Gasteiger charge is 2.40. The molecule has 2 saturated heterocycles. The van der Waals surface area contributed by atoms with E-state index < -0.39 is 11.7 Å². The lowest BCUT2D eigenvalue weighted by molar-refractivity contribution is -0.138. The Morgan fingerprint density at radius 3 is 2.29 bits per heavy atom. The molecule has 2 unspecified atom stereocenters. The predicted octanol–water partition coefficient (Wildman–Crippen LogP) is 2.23. The van der Waals surface area contributed by atoms with Gasteiger partial charge in [0.05, 0.1) is 5.56 Å². The van der Waals surface area contributed by atoms with Crippen molar-refractivity contribution in [3.63, 3.8) is 0 Å². The number of benzene rings is 1. The molecule has 1 amide bonds. The van der Waals surface area contributed by atoms with Gasteiger partial charge in [0, 0.05) is 32.7 Å². The standard InChI is InChI=1S/C15H17F3N2O/c16-15(17,18)14-4-2-1-3-11(14)5-19-6-12-8-20(10-21)9-13(12)7-19/h1-4,10,12-13H,5-9H2. The lowest BCUT2D eigenvalue weighted by atomic mass is 10.0. The number of fused-ring (bicyclic) bond motifs is 1. The van der Waals surface area contributed by atoms with Gasteiger partial charge in [-0.15, -0.1) is 0 Å². The molecule has 0 saturated carbocycles. The molecule has 1 aromatic rings. The lowest BCUT2D eigenvalue weighted by Gasteiger charge is -2.21. The van der Waals surface area contributed by atoms with E-state index in [1.165, 1.54) is 6.07 Å². The fraction of sp³-hybridized carbons (Fsp3) is 0.533. The molecule has 1 aromatic carbocycles. The molecule has 0 aliphatic carbocycles. The van der Waals surface area contributed by atoms with Gasteiger partial charge in [0.25, 0.3) is 0 Å². The first-order valence-corrected chi connectivity index (χ1v) is 7.04. The monoisotopic (exact) mass is 298 g/mol. The maximum absolute atomic E-state index is 13.0. The highest BCUT2D eigenvalue weighted by molar-refractivity contribution is 5.48. The van der Waals surface area contributed by atoms with Crippen LogP contribution in [0.25, 0.3) is 0 Å². The molecule has 2 heterocycles. The van der Waals surface area contributed by atoms with Gasteiger partial charge in [0.2, 0.25) is 6.41 Å². The summed E-state index contributed by atoms with van der Waals surface area (Å²) in [6.45, 7) is 3.31. The first-order valence-electron chi connectivity index (χ1n) is 7.04. The highest BCUT2D eigenvalue weighted by atomic mass is 19.4. The number of carbonyl (C=O) groups is 1. The van der Waals surface area contributed by atoms with Gasteiger partial charge in [-0.3, -0.25) is 9.69 Å². The zero-order valence-electron chi connectivity index (χ0n) is 11.5. The molecule has 0 N–H and O–H groups in total. The normalized spacial score (nSPS) is 26.1. The molecule has 2 aliphatic heterocycles.